The number of amides is 1. The number of aliphatic hydroxyl groups is 1. The number of thiazole rings is 1. The van der Waals surface area contributed by atoms with Crippen molar-refractivity contribution in [3.05, 3.63) is 59.7 Å². The third kappa shape index (κ3) is 4.65. The molecule has 2 N–H and O–H groups in total. The minimum Gasteiger partial charge on any atom is -0.383 e. The van der Waals surface area contributed by atoms with Crippen LogP contribution in [-0.2, 0) is 21.7 Å². The largest absolute Gasteiger partial charge is 0.383 e. The summed E-state index contributed by atoms with van der Waals surface area (Å²) >= 11 is 1.47. The van der Waals surface area contributed by atoms with Gasteiger partial charge in [-0.05, 0) is 17.7 Å². The molecule has 0 saturated carbocycles. The van der Waals surface area contributed by atoms with Gasteiger partial charge in [-0.2, -0.15) is 5.10 Å². The van der Waals surface area contributed by atoms with Crippen LogP contribution < -0.4 is 5.32 Å². The molecular formula is C24H25N7O3S. The van der Waals surface area contributed by atoms with Crippen LogP contribution in [0.5, 0.6) is 0 Å². The van der Waals surface area contributed by atoms with Crippen molar-refractivity contribution < 1.29 is 14.6 Å². The number of ether oxygens (including phenoxy) is 1. The summed E-state index contributed by atoms with van der Waals surface area (Å²) in [5, 5.41) is 21.3. The highest BCUT2D eigenvalue weighted by atomic mass is 32.1. The first-order valence-corrected chi connectivity index (χ1v) is 12.0. The summed E-state index contributed by atoms with van der Waals surface area (Å²) in [6.45, 7) is 1.76. The average molecular weight is 492 g/mol. The van der Waals surface area contributed by atoms with Crippen molar-refractivity contribution in [3.63, 3.8) is 0 Å². The van der Waals surface area contributed by atoms with Crippen molar-refractivity contribution in [1.29, 1.82) is 0 Å². The van der Waals surface area contributed by atoms with Gasteiger partial charge in [0.1, 0.15) is 10.7 Å². The smallest absolute Gasteiger partial charge is 0.258 e. The fourth-order valence-corrected chi connectivity index (χ4v) is 4.78. The molecule has 5 rings (SSSR count). The predicted molar refractivity (Wildman–Crippen MR) is 132 cm³/mol. The lowest BCUT2D eigenvalue weighted by molar-refractivity contribution is -0.143. The molecular weight excluding hydrogens is 466 g/mol. The molecule has 0 radical (unpaired) electrons. The molecule has 1 saturated heterocycles. The number of hydrogen-bond acceptors (Lipinski definition) is 9. The Balaban J connectivity index is 1.35. The van der Waals surface area contributed by atoms with Crippen molar-refractivity contribution in [1.82, 2.24) is 29.6 Å². The van der Waals surface area contributed by atoms with Gasteiger partial charge in [0.25, 0.3) is 5.91 Å². The SMILES string of the molecule is COCCn1ccc(Nc2nccc(-c3csc(-c4cccc([C@]5(O)CCN(C)C5=O)c4)n3)n2)n1. The lowest BCUT2D eigenvalue weighted by atomic mass is 9.91. The number of benzene rings is 1. The molecule has 0 bridgehead atoms. The van der Waals surface area contributed by atoms with E-state index in [4.69, 9.17) is 9.72 Å². The highest BCUT2D eigenvalue weighted by molar-refractivity contribution is 7.13. The Morgan fingerprint density at radius 2 is 2.11 bits per heavy atom. The zero-order chi connectivity index (χ0) is 24.4. The maximum Gasteiger partial charge on any atom is 0.258 e. The second-order valence-electron chi connectivity index (χ2n) is 8.30. The monoisotopic (exact) mass is 491 g/mol. The molecule has 0 spiro atoms. The van der Waals surface area contributed by atoms with Gasteiger partial charge in [0.15, 0.2) is 11.4 Å². The van der Waals surface area contributed by atoms with Crippen LogP contribution in [0, 0.1) is 0 Å². The number of likely N-dealkylation sites (tertiary alicyclic amines) is 1. The highest BCUT2D eigenvalue weighted by Gasteiger charge is 2.45. The number of hydrogen-bond donors (Lipinski definition) is 2. The summed E-state index contributed by atoms with van der Waals surface area (Å²) in [7, 11) is 3.36. The Hall–Kier alpha value is -3.67. The predicted octanol–water partition coefficient (Wildman–Crippen LogP) is 2.90. The number of carbonyl (C=O) groups is 1. The van der Waals surface area contributed by atoms with Crippen molar-refractivity contribution in [2.45, 2.75) is 18.6 Å². The molecule has 11 heteroatoms. The van der Waals surface area contributed by atoms with Crippen LogP contribution in [-0.4, -0.2) is 68.0 Å². The molecule has 0 unspecified atom stereocenters. The molecule has 1 aromatic carbocycles. The van der Waals surface area contributed by atoms with Crippen LogP contribution in [0.25, 0.3) is 22.0 Å². The van der Waals surface area contributed by atoms with E-state index in [0.29, 0.717) is 54.8 Å². The van der Waals surface area contributed by atoms with Crippen LogP contribution in [0.1, 0.15) is 12.0 Å². The second-order valence-corrected chi connectivity index (χ2v) is 9.16. The quantitative estimate of drug-likeness (QED) is 0.386. The van der Waals surface area contributed by atoms with Gasteiger partial charge in [0.05, 0.1) is 18.8 Å². The van der Waals surface area contributed by atoms with E-state index in [-0.39, 0.29) is 5.91 Å². The molecule has 1 aliphatic rings. The van der Waals surface area contributed by atoms with Gasteiger partial charge >= 0.3 is 0 Å². The topological polar surface area (TPSA) is 118 Å². The Labute approximate surface area is 206 Å². The van der Waals surface area contributed by atoms with Crippen LogP contribution in [0.2, 0.25) is 0 Å². The third-order valence-corrected chi connectivity index (χ3v) is 6.82. The minimum atomic E-state index is -1.49. The first-order valence-electron chi connectivity index (χ1n) is 11.1. The van der Waals surface area contributed by atoms with Crippen molar-refractivity contribution in [3.8, 4) is 22.0 Å². The Morgan fingerprint density at radius 3 is 2.91 bits per heavy atom. The Morgan fingerprint density at radius 1 is 1.23 bits per heavy atom. The molecule has 10 nitrogen and oxygen atoms in total. The summed E-state index contributed by atoms with van der Waals surface area (Å²) in [5.41, 5.74) is 1.31. The van der Waals surface area contributed by atoms with Gasteiger partial charge in [-0.25, -0.2) is 15.0 Å². The van der Waals surface area contributed by atoms with Gasteiger partial charge in [-0.15, -0.1) is 11.3 Å². The fourth-order valence-electron chi connectivity index (χ4n) is 3.97. The van der Waals surface area contributed by atoms with E-state index >= 15 is 0 Å². The van der Waals surface area contributed by atoms with Crippen molar-refractivity contribution in [2.24, 2.45) is 0 Å². The van der Waals surface area contributed by atoms with Gasteiger partial charge < -0.3 is 20.1 Å². The van der Waals surface area contributed by atoms with E-state index in [9.17, 15) is 9.90 Å². The number of likely N-dealkylation sites (N-methyl/N-ethyl adjacent to an activating group) is 1. The second kappa shape index (κ2) is 9.53. The molecule has 4 aromatic rings. The first kappa shape index (κ1) is 23.1. The molecule has 0 aliphatic carbocycles. The average Bonchev–Trinajstić information content (AvgIpc) is 3.61. The zero-order valence-electron chi connectivity index (χ0n) is 19.4. The molecule has 35 heavy (non-hydrogen) atoms. The van der Waals surface area contributed by atoms with Crippen LogP contribution >= 0.6 is 11.3 Å². The molecule has 1 amide bonds. The van der Waals surface area contributed by atoms with Gasteiger partial charge in [-0.1, -0.05) is 18.2 Å². The van der Waals surface area contributed by atoms with Crippen molar-refractivity contribution in [2.75, 3.05) is 32.6 Å². The standard InChI is InChI=1S/C24H25N7O3S/c1-30-11-8-24(33,22(30)32)17-5-3-4-16(14-17)21-26-19(15-35-21)18-6-9-25-23(27-18)28-20-7-10-31(29-20)12-13-34-2/h3-7,9-10,14-15,33H,8,11-13H2,1-2H3,(H,25,27,28,29)/t24-/m1/s1. The maximum absolute atomic E-state index is 12.5. The summed E-state index contributed by atoms with van der Waals surface area (Å²) in [5.74, 6) is 0.778. The highest BCUT2D eigenvalue weighted by Crippen LogP contribution is 2.36. The number of rotatable bonds is 8. The van der Waals surface area contributed by atoms with Crippen LogP contribution in [0.4, 0.5) is 11.8 Å². The summed E-state index contributed by atoms with van der Waals surface area (Å²) in [6.07, 6.45) is 3.90. The van der Waals surface area contributed by atoms with Crippen LogP contribution in [0.15, 0.2) is 54.2 Å². The molecule has 4 heterocycles. The molecule has 1 atom stereocenters. The Kier molecular flexibility index (Phi) is 6.29. The summed E-state index contributed by atoms with van der Waals surface area (Å²) in [4.78, 5) is 27.7. The number of nitrogens with one attached hydrogen (secondary N) is 1. The lowest BCUT2D eigenvalue weighted by Gasteiger charge is -2.21. The van der Waals surface area contributed by atoms with E-state index in [1.54, 1.807) is 42.1 Å². The molecule has 3 aromatic heterocycles. The molecule has 1 fully saturated rings. The number of nitrogens with zero attached hydrogens (tertiary/aromatic N) is 6. The van der Waals surface area contributed by atoms with E-state index < -0.39 is 5.60 Å². The van der Waals surface area contributed by atoms with E-state index in [2.05, 4.69) is 20.4 Å². The lowest BCUT2D eigenvalue weighted by Crippen LogP contribution is -2.36. The van der Waals surface area contributed by atoms with Gasteiger partial charge in [-0.3, -0.25) is 9.48 Å². The zero-order valence-corrected chi connectivity index (χ0v) is 20.2. The Bertz CT molecular complexity index is 1350. The van der Waals surface area contributed by atoms with Crippen LogP contribution in [0.3, 0.4) is 0 Å². The van der Waals surface area contributed by atoms with Gasteiger partial charge in [0.2, 0.25) is 5.95 Å². The fraction of sp³-hybridized carbons (Fsp3) is 0.292. The number of anilines is 2. The summed E-state index contributed by atoms with van der Waals surface area (Å²) in [6, 6.07) is 11.0. The normalized spacial score (nSPS) is 17.8. The van der Waals surface area contributed by atoms with E-state index in [1.165, 1.54) is 11.3 Å². The maximum atomic E-state index is 12.5. The van der Waals surface area contributed by atoms with E-state index in [1.807, 2.05) is 35.8 Å². The molecule has 1 aliphatic heterocycles. The van der Waals surface area contributed by atoms with Gasteiger partial charge in [0, 0.05) is 56.5 Å². The summed E-state index contributed by atoms with van der Waals surface area (Å²) < 4.78 is 6.86. The number of aromatic nitrogens is 5. The van der Waals surface area contributed by atoms with E-state index in [0.717, 1.165) is 10.6 Å². The number of methoxy groups -OCH3 is 1. The molecule has 180 valence electrons. The minimum absolute atomic E-state index is 0.279. The first-order chi connectivity index (χ1) is 17.0. The van der Waals surface area contributed by atoms with Crippen molar-refractivity contribution >= 4 is 29.0 Å². The third-order valence-electron chi connectivity index (χ3n) is 5.92. The number of carbonyl (C=O) groups excluding carboxylic acids is 1.